The highest BCUT2D eigenvalue weighted by Gasteiger charge is 2.31. The molecule has 6 nitrogen and oxygen atoms in total. The molecule has 104 valence electrons. The van der Waals surface area contributed by atoms with Crippen LogP contribution in [0.3, 0.4) is 0 Å². The summed E-state index contributed by atoms with van der Waals surface area (Å²) in [5, 5.41) is 2.83. The van der Waals surface area contributed by atoms with Crippen molar-refractivity contribution in [2.24, 2.45) is 5.92 Å². The van der Waals surface area contributed by atoms with Crippen LogP contribution in [-0.2, 0) is 19.1 Å². The van der Waals surface area contributed by atoms with Crippen molar-refractivity contribution in [1.29, 1.82) is 0 Å². The van der Waals surface area contributed by atoms with Crippen molar-refractivity contribution < 1.29 is 19.1 Å². The summed E-state index contributed by atoms with van der Waals surface area (Å²) in [6, 6.07) is -0.478. The molecule has 1 amide bonds. The molecule has 1 aliphatic rings. The van der Waals surface area contributed by atoms with Gasteiger partial charge in [0, 0.05) is 13.1 Å². The van der Waals surface area contributed by atoms with Crippen molar-refractivity contribution >= 4 is 11.9 Å². The lowest BCUT2D eigenvalue weighted by Crippen LogP contribution is -2.53. The predicted molar refractivity (Wildman–Crippen MR) is 66.0 cm³/mol. The van der Waals surface area contributed by atoms with Crippen LogP contribution < -0.4 is 5.32 Å². The van der Waals surface area contributed by atoms with Gasteiger partial charge in [-0.05, 0) is 5.92 Å². The molecule has 1 N–H and O–H groups in total. The van der Waals surface area contributed by atoms with Gasteiger partial charge in [-0.3, -0.25) is 14.5 Å². The molecule has 0 aromatic heterocycles. The first kappa shape index (κ1) is 14.9. The van der Waals surface area contributed by atoms with Gasteiger partial charge in [0.2, 0.25) is 5.91 Å². The molecule has 0 aliphatic carbocycles. The van der Waals surface area contributed by atoms with Crippen LogP contribution in [0.5, 0.6) is 0 Å². The summed E-state index contributed by atoms with van der Waals surface area (Å²) in [5.74, 6) is -0.0131. The Morgan fingerprint density at radius 3 is 2.83 bits per heavy atom. The Hall–Kier alpha value is -1.14. The number of carbonyl (C=O) groups is 2. The first-order valence-corrected chi connectivity index (χ1v) is 6.21. The van der Waals surface area contributed by atoms with E-state index < -0.39 is 6.04 Å². The molecule has 1 saturated heterocycles. The number of amides is 1. The van der Waals surface area contributed by atoms with Gasteiger partial charge in [-0.15, -0.1) is 0 Å². The van der Waals surface area contributed by atoms with Crippen LogP contribution in [0.25, 0.3) is 0 Å². The molecular formula is C12H22N2O4. The van der Waals surface area contributed by atoms with Crippen LogP contribution in [0.1, 0.15) is 13.8 Å². The van der Waals surface area contributed by atoms with Crippen molar-refractivity contribution in [3.05, 3.63) is 0 Å². The zero-order chi connectivity index (χ0) is 13.5. The highest BCUT2D eigenvalue weighted by molar-refractivity contribution is 5.80. The minimum absolute atomic E-state index is 0.0699. The summed E-state index contributed by atoms with van der Waals surface area (Å²) in [5.41, 5.74) is 0. The second-order valence-electron chi connectivity index (χ2n) is 4.78. The van der Waals surface area contributed by atoms with Gasteiger partial charge >= 0.3 is 5.97 Å². The van der Waals surface area contributed by atoms with Crippen molar-refractivity contribution in [1.82, 2.24) is 10.2 Å². The molecule has 0 aromatic rings. The Kier molecular flexibility index (Phi) is 6.07. The third-order valence-electron chi connectivity index (χ3n) is 2.77. The third kappa shape index (κ3) is 4.62. The van der Waals surface area contributed by atoms with Crippen LogP contribution in [0, 0.1) is 5.92 Å². The van der Waals surface area contributed by atoms with E-state index in [1.54, 1.807) is 4.90 Å². The molecule has 18 heavy (non-hydrogen) atoms. The zero-order valence-corrected chi connectivity index (χ0v) is 11.3. The average molecular weight is 258 g/mol. The summed E-state index contributed by atoms with van der Waals surface area (Å²) in [6.45, 7) is 6.30. The number of rotatable bonds is 5. The van der Waals surface area contributed by atoms with Gasteiger partial charge in [0.25, 0.3) is 0 Å². The quantitative estimate of drug-likeness (QED) is 0.682. The minimum Gasteiger partial charge on any atom is -0.468 e. The van der Waals surface area contributed by atoms with E-state index >= 15 is 0 Å². The number of carbonyl (C=O) groups excluding carboxylic acids is 2. The van der Waals surface area contributed by atoms with Gasteiger partial charge in [-0.2, -0.15) is 0 Å². The second-order valence-corrected chi connectivity index (χ2v) is 4.78. The summed E-state index contributed by atoms with van der Waals surface area (Å²) in [4.78, 5) is 25.1. The van der Waals surface area contributed by atoms with Crippen LogP contribution in [0.2, 0.25) is 0 Å². The molecule has 1 rings (SSSR count). The molecule has 1 atom stereocenters. The van der Waals surface area contributed by atoms with Gasteiger partial charge in [0.15, 0.2) is 0 Å². The number of hydrogen-bond donors (Lipinski definition) is 1. The van der Waals surface area contributed by atoms with E-state index in [4.69, 9.17) is 9.47 Å². The highest BCUT2D eigenvalue weighted by Crippen LogP contribution is 2.08. The van der Waals surface area contributed by atoms with E-state index in [0.29, 0.717) is 25.6 Å². The molecule has 0 saturated carbocycles. The standard InChI is InChI=1S/C12H22N2O4/c1-9(2)6-13-11(15)7-14-4-5-18-8-10(14)12(16)17-3/h9-10H,4-8H2,1-3H3,(H,13,15). The molecule has 0 aromatic carbocycles. The van der Waals surface area contributed by atoms with Crippen LogP contribution in [0.4, 0.5) is 0 Å². The molecule has 1 aliphatic heterocycles. The number of nitrogens with one attached hydrogen (secondary N) is 1. The van der Waals surface area contributed by atoms with Gasteiger partial charge in [-0.25, -0.2) is 0 Å². The van der Waals surface area contributed by atoms with E-state index in [9.17, 15) is 9.59 Å². The van der Waals surface area contributed by atoms with Gasteiger partial charge < -0.3 is 14.8 Å². The van der Waals surface area contributed by atoms with E-state index in [1.165, 1.54) is 7.11 Å². The van der Waals surface area contributed by atoms with Gasteiger partial charge in [0.05, 0.1) is 26.9 Å². The molecule has 0 bridgehead atoms. The second kappa shape index (κ2) is 7.33. The number of methoxy groups -OCH3 is 1. The largest absolute Gasteiger partial charge is 0.468 e. The van der Waals surface area contributed by atoms with E-state index in [-0.39, 0.29) is 25.0 Å². The van der Waals surface area contributed by atoms with Gasteiger partial charge in [0.1, 0.15) is 6.04 Å². The Labute approximate surface area is 108 Å². The average Bonchev–Trinajstić information content (AvgIpc) is 2.36. The maximum absolute atomic E-state index is 11.7. The smallest absolute Gasteiger partial charge is 0.325 e. The third-order valence-corrected chi connectivity index (χ3v) is 2.77. The van der Waals surface area contributed by atoms with Crippen LogP contribution in [0.15, 0.2) is 0 Å². The first-order valence-electron chi connectivity index (χ1n) is 6.21. The number of nitrogens with zero attached hydrogens (tertiary/aromatic N) is 1. The predicted octanol–water partition coefficient (Wildman–Crippen LogP) is -0.368. The monoisotopic (exact) mass is 258 g/mol. The molecule has 1 heterocycles. The Morgan fingerprint density at radius 2 is 2.22 bits per heavy atom. The fraction of sp³-hybridized carbons (Fsp3) is 0.833. The van der Waals surface area contributed by atoms with Gasteiger partial charge in [-0.1, -0.05) is 13.8 Å². The summed E-state index contributed by atoms with van der Waals surface area (Å²) < 4.78 is 9.95. The van der Waals surface area contributed by atoms with Crippen molar-refractivity contribution in [2.75, 3.05) is 40.0 Å². The highest BCUT2D eigenvalue weighted by atomic mass is 16.5. The van der Waals surface area contributed by atoms with E-state index in [0.717, 1.165) is 0 Å². The van der Waals surface area contributed by atoms with Crippen LogP contribution >= 0.6 is 0 Å². The number of esters is 1. The van der Waals surface area contributed by atoms with Crippen molar-refractivity contribution in [3.8, 4) is 0 Å². The lowest BCUT2D eigenvalue weighted by atomic mass is 10.2. The molecule has 1 unspecified atom stereocenters. The maximum atomic E-state index is 11.7. The molecule has 0 radical (unpaired) electrons. The number of hydrogen-bond acceptors (Lipinski definition) is 5. The lowest BCUT2D eigenvalue weighted by molar-refractivity contribution is -0.154. The summed E-state index contributed by atoms with van der Waals surface area (Å²) in [6.07, 6.45) is 0. The topological polar surface area (TPSA) is 67.9 Å². The van der Waals surface area contributed by atoms with Crippen LogP contribution in [-0.4, -0.2) is 62.8 Å². The van der Waals surface area contributed by atoms with E-state index in [1.807, 2.05) is 13.8 Å². The molecule has 6 heteroatoms. The zero-order valence-electron chi connectivity index (χ0n) is 11.3. The molecular weight excluding hydrogens is 236 g/mol. The summed E-state index contributed by atoms with van der Waals surface area (Å²) >= 11 is 0. The van der Waals surface area contributed by atoms with E-state index in [2.05, 4.69) is 5.32 Å². The Morgan fingerprint density at radius 1 is 1.50 bits per heavy atom. The molecule has 1 fully saturated rings. The van der Waals surface area contributed by atoms with Crippen molar-refractivity contribution in [3.63, 3.8) is 0 Å². The number of morpholine rings is 1. The maximum Gasteiger partial charge on any atom is 0.325 e. The summed E-state index contributed by atoms with van der Waals surface area (Å²) in [7, 11) is 1.34. The fourth-order valence-electron chi connectivity index (χ4n) is 1.74. The van der Waals surface area contributed by atoms with Crippen molar-refractivity contribution in [2.45, 2.75) is 19.9 Å². The molecule has 0 spiro atoms. The number of ether oxygens (including phenoxy) is 2. The first-order chi connectivity index (χ1) is 8.54. The fourth-order valence-corrected chi connectivity index (χ4v) is 1.74. The minimum atomic E-state index is -0.478. The Bertz CT molecular complexity index is 294. The lowest BCUT2D eigenvalue weighted by Gasteiger charge is -2.32. The SMILES string of the molecule is COC(=O)C1COCCN1CC(=O)NCC(C)C. The normalized spacial score (nSPS) is 20.8. The Balaban J connectivity index is 2.46.